The number of carboxylic acid groups (broad SMARTS) is 1. The Balaban J connectivity index is 1.98. The molecule has 0 aliphatic rings. The molecule has 0 spiro atoms. The van der Waals surface area contributed by atoms with Crippen molar-refractivity contribution in [2.75, 3.05) is 17.2 Å². The fraction of sp³-hybridized carbons (Fsp3) is 0.118. The summed E-state index contributed by atoms with van der Waals surface area (Å²) in [5.74, 6) is -1.39. The molecular weight excluding hydrogens is 328 g/mol. The van der Waals surface area contributed by atoms with E-state index in [0.717, 1.165) is 0 Å². The van der Waals surface area contributed by atoms with Gasteiger partial charge >= 0.3 is 11.9 Å². The molecule has 2 rings (SSSR count). The normalized spacial score (nSPS) is 9.88. The topological polar surface area (TPSA) is 87.7 Å². The van der Waals surface area contributed by atoms with Crippen molar-refractivity contribution in [3.05, 3.63) is 59.7 Å². The number of rotatable bonds is 5. The first-order valence-corrected chi connectivity index (χ1v) is 7.59. The predicted molar refractivity (Wildman–Crippen MR) is 95.6 cm³/mol. The number of anilines is 2. The van der Waals surface area contributed by atoms with Gasteiger partial charge in [0.15, 0.2) is 5.11 Å². The van der Waals surface area contributed by atoms with Crippen molar-refractivity contribution in [2.45, 2.75) is 6.92 Å². The number of carboxylic acids is 1. The lowest BCUT2D eigenvalue weighted by atomic mass is 10.2. The SMILES string of the molecule is CCOC(=O)c1ccc(NC(=S)Nc2cccc(C(=O)O)c2)cc1. The highest BCUT2D eigenvalue weighted by atomic mass is 32.1. The third-order valence-corrected chi connectivity index (χ3v) is 3.23. The number of aromatic carboxylic acids is 1. The van der Waals surface area contributed by atoms with E-state index in [1.165, 1.54) is 12.1 Å². The fourth-order valence-electron chi connectivity index (χ4n) is 1.93. The van der Waals surface area contributed by atoms with E-state index in [-0.39, 0.29) is 11.5 Å². The van der Waals surface area contributed by atoms with Crippen LogP contribution in [0.5, 0.6) is 0 Å². The monoisotopic (exact) mass is 344 g/mol. The fourth-order valence-corrected chi connectivity index (χ4v) is 2.16. The molecule has 6 nitrogen and oxygen atoms in total. The summed E-state index contributed by atoms with van der Waals surface area (Å²) in [4.78, 5) is 22.5. The molecule has 24 heavy (non-hydrogen) atoms. The van der Waals surface area contributed by atoms with Crippen LogP contribution in [0.15, 0.2) is 48.5 Å². The lowest BCUT2D eigenvalue weighted by Crippen LogP contribution is -2.19. The lowest BCUT2D eigenvalue weighted by molar-refractivity contribution is 0.0526. The third kappa shape index (κ3) is 4.79. The van der Waals surface area contributed by atoms with Gasteiger partial charge in [0.1, 0.15) is 0 Å². The second-order valence-corrected chi connectivity index (χ2v) is 5.17. The Morgan fingerprint density at radius 2 is 1.71 bits per heavy atom. The molecule has 0 bridgehead atoms. The molecule has 7 heteroatoms. The quantitative estimate of drug-likeness (QED) is 0.566. The zero-order chi connectivity index (χ0) is 17.5. The Kier molecular flexibility index (Phi) is 5.86. The Labute approximate surface area is 144 Å². The molecule has 3 N–H and O–H groups in total. The van der Waals surface area contributed by atoms with Crippen molar-refractivity contribution in [2.24, 2.45) is 0 Å². The van der Waals surface area contributed by atoms with Crippen molar-refractivity contribution in [1.29, 1.82) is 0 Å². The summed E-state index contributed by atoms with van der Waals surface area (Å²) in [6.07, 6.45) is 0. The summed E-state index contributed by atoms with van der Waals surface area (Å²) in [5, 5.41) is 15.1. The molecule has 0 fully saturated rings. The van der Waals surface area contributed by atoms with E-state index in [0.29, 0.717) is 28.7 Å². The maximum Gasteiger partial charge on any atom is 0.338 e. The summed E-state index contributed by atoms with van der Waals surface area (Å²) in [7, 11) is 0. The highest BCUT2D eigenvalue weighted by molar-refractivity contribution is 7.80. The number of hydrogen-bond acceptors (Lipinski definition) is 4. The van der Waals surface area contributed by atoms with E-state index in [9.17, 15) is 9.59 Å². The smallest absolute Gasteiger partial charge is 0.338 e. The zero-order valence-corrected chi connectivity index (χ0v) is 13.7. The first-order valence-electron chi connectivity index (χ1n) is 7.18. The van der Waals surface area contributed by atoms with E-state index < -0.39 is 5.97 Å². The summed E-state index contributed by atoms with van der Waals surface area (Å²) in [6, 6.07) is 13.0. The van der Waals surface area contributed by atoms with E-state index in [4.69, 9.17) is 22.1 Å². The largest absolute Gasteiger partial charge is 0.478 e. The maximum absolute atomic E-state index is 11.6. The van der Waals surface area contributed by atoms with Gasteiger partial charge in [0.05, 0.1) is 17.7 Å². The van der Waals surface area contributed by atoms with Gasteiger partial charge in [-0.15, -0.1) is 0 Å². The molecule has 0 saturated heterocycles. The van der Waals surface area contributed by atoms with Gasteiger partial charge in [-0.05, 0) is 61.6 Å². The van der Waals surface area contributed by atoms with Crippen LogP contribution in [0.3, 0.4) is 0 Å². The lowest BCUT2D eigenvalue weighted by Gasteiger charge is -2.11. The van der Waals surface area contributed by atoms with Gasteiger partial charge in [-0.1, -0.05) is 6.07 Å². The van der Waals surface area contributed by atoms with Crippen LogP contribution in [0.1, 0.15) is 27.6 Å². The number of hydrogen-bond donors (Lipinski definition) is 3. The average molecular weight is 344 g/mol. The molecule has 124 valence electrons. The summed E-state index contributed by atoms with van der Waals surface area (Å²) >= 11 is 5.19. The molecule has 0 radical (unpaired) electrons. The van der Waals surface area contributed by atoms with E-state index >= 15 is 0 Å². The highest BCUT2D eigenvalue weighted by Crippen LogP contribution is 2.14. The Morgan fingerprint density at radius 3 is 2.33 bits per heavy atom. The molecule has 0 atom stereocenters. The molecular formula is C17H16N2O4S. The second-order valence-electron chi connectivity index (χ2n) is 4.76. The molecule has 0 aliphatic heterocycles. The predicted octanol–water partition coefficient (Wildman–Crippen LogP) is 3.37. The van der Waals surface area contributed by atoms with E-state index in [2.05, 4.69) is 10.6 Å². The molecule has 2 aromatic carbocycles. The van der Waals surface area contributed by atoms with E-state index in [1.54, 1.807) is 43.3 Å². The van der Waals surface area contributed by atoms with Crippen molar-refractivity contribution < 1.29 is 19.4 Å². The number of esters is 1. The van der Waals surface area contributed by atoms with Crippen LogP contribution >= 0.6 is 12.2 Å². The summed E-state index contributed by atoms with van der Waals surface area (Å²) < 4.78 is 4.91. The molecule has 0 heterocycles. The van der Waals surface area contributed by atoms with Crippen LogP contribution < -0.4 is 10.6 Å². The van der Waals surface area contributed by atoms with Gasteiger partial charge in [-0.25, -0.2) is 9.59 Å². The van der Waals surface area contributed by atoms with Gasteiger partial charge in [-0.3, -0.25) is 0 Å². The molecule has 0 saturated carbocycles. The van der Waals surface area contributed by atoms with Crippen LogP contribution in [0.25, 0.3) is 0 Å². The van der Waals surface area contributed by atoms with Gasteiger partial charge < -0.3 is 20.5 Å². The standard InChI is InChI=1S/C17H16N2O4S/c1-2-23-16(22)11-6-8-13(9-7-11)18-17(24)19-14-5-3-4-12(10-14)15(20)21/h3-10H,2H2,1H3,(H,20,21)(H2,18,19,24). The van der Waals surface area contributed by atoms with Gasteiger partial charge in [0, 0.05) is 11.4 Å². The number of thiocarbonyl (C=S) groups is 1. The van der Waals surface area contributed by atoms with Gasteiger partial charge in [-0.2, -0.15) is 0 Å². The zero-order valence-electron chi connectivity index (χ0n) is 12.9. The Morgan fingerprint density at radius 1 is 1.04 bits per heavy atom. The van der Waals surface area contributed by atoms with Crippen LogP contribution in [-0.4, -0.2) is 28.8 Å². The third-order valence-electron chi connectivity index (χ3n) is 3.02. The Hall–Kier alpha value is -2.93. The van der Waals surface area contributed by atoms with Gasteiger partial charge in [0.25, 0.3) is 0 Å². The number of ether oxygens (including phenoxy) is 1. The summed E-state index contributed by atoms with van der Waals surface area (Å²) in [5.41, 5.74) is 1.88. The van der Waals surface area contributed by atoms with Gasteiger partial charge in [0.2, 0.25) is 0 Å². The van der Waals surface area contributed by atoms with Crippen LogP contribution in [0.4, 0.5) is 11.4 Å². The minimum Gasteiger partial charge on any atom is -0.478 e. The molecule has 0 aromatic heterocycles. The molecule has 0 aliphatic carbocycles. The van der Waals surface area contributed by atoms with Crippen LogP contribution in [0.2, 0.25) is 0 Å². The number of carbonyl (C=O) groups excluding carboxylic acids is 1. The maximum atomic E-state index is 11.6. The number of nitrogens with one attached hydrogen (secondary N) is 2. The second kappa shape index (κ2) is 8.07. The van der Waals surface area contributed by atoms with E-state index in [1.807, 2.05) is 0 Å². The van der Waals surface area contributed by atoms with Crippen molar-refractivity contribution in [3.8, 4) is 0 Å². The average Bonchev–Trinajstić information content (AvgIpc) is 2.55. The first kappa shape index (κ1) is 17.4. The number of benzene rings is 2. The van der Waals surface area contributed by atoms with Crippen LogP contribution in [-0.2, 0) is 4.74 Å². The number of carbonyl (C=O) groups is 2. The molecule has 0 unspecified atom stereocenters. The van der Waals surface area contributed by atoms with Crippen molar-refractivity contribution >= 4 is 40.6 Å². The minimum atomic E-state index is -1.01. The van der Waals surface area contributed by atoms with Crippen molar-refractivity contribution in [1.82, 2.24) is 0 Å². The van der Waals surface area contributed by atoms with Crippen molar-refractivity contribution in [3.63, 3.8) is 0 Å². The molecule has 0 amide bonds. The minimum absolute atomic E-state index is 0.168. The van der Waals surface area contributed by atoms with Crippen LogP contribution in [0, 0.1) is 0 Å². The molecule has 2 aromatic rings. The highest BCUT2D eigenvalue weighted by Gasteiger charge is 2.07. The Bertz CT molecular complexity index is 759. The first-order chi connectivity index (χ1) is 11.5. The summed E-state index contributed by atoms with van der Waals surface area (Å²) in [6.45, 7) is 2.07.